The van der Waals surface area contributed by atoms with Gasteiger partial charge in [-0.2, -0.15) is 0 Å². The van der Waals surface area contributed by atoms with Crippen LogP contribution in [0.2, 0.25) is 0 Å². The van der Waals surface area contributed by atoms with Gasteiger partial charge in [0, 0.05) is 18.3 Å². The lowest BCUT2D eigenvalue weighted by Crippen LogP contribution is -2.21. The van der Waals surface area contributed by atoms with Crippen LogP contribution in [0.5, 0.6) is 5.75 Å². The molecule has 0 atom stereocenters. The molecular formula is C32H28FNO6. The number of carbonyl (C=O) groups is 2. The van der Waals surface area contributed by atoms with Gasteiger partial charge in [-0.05, 0) is 43.0 Å². The van der Waals surface area contributed by atoms with Gasteiger partial charge in [-0.25, -0.2) is 14.0 Å². The smallest absolute Gasteiger partial charge is 0.343 e. The van der Waals surface area contributed by atoms with E-state index in [9.17, 15) is 14.4 Å². The highest BCUT2D eigenvalue weighted by Gasteiger charge is 2.30. The summed E-state index contributed by atoms with van der Waals surface area (Å²) in [6.07, 6.45) is 4.87. The molecule has 4 aromatic rings. The topological polar surface area (TPSA) is 83.8 Å². The molecule has 1 aliphatic carbocycles. The number of aromatic nitrogens is 1. The SMILES string of the molecule is CCOC(=O)c1cn(C2CC2)c2c(OC)c(C=CC(=O)OC(c3ccccc3)c3ccccc3)c(F)cc2c1=O. The van der Waals surface area contributed by atoms with E-state index in [1.165, 1.54) is 19.4 Å². The quantitative estimate of drug-likeness (QED) is 0.191. The summed E-state index contributed by atoms with van der Waals surface area (Å²) >= 11 is 0. The van der Waals surface area contributed by atoms with Gasteiger partial charge in [0.25, 0.3) is 0 Å². The van der Waals surface area contributed by atoms with Gasteiger partial charge >= 0.3 is 11.9 Å². The third-order valence-corrected chi connectivity index (χ3v) is 6.72. The number of hydrogen-bond acceptors (Lipinski definition) is 6. The zero-order valence-corrected chi connectivity index (χ0v) is 22.1. The van der Waals surface area contributed by atoms with Crippen molar-refractivity contribution in [3.63, 3.8) is 0 Å². The molecule has 1 aromatic heterocycles. The van der Waals surface area contributed by atoms with Crippen molar-refractivity contribution in [2.45, 2.75) is 31.9 Å². The Kier molecular flexibility index (Phi) is 7.77. The molecule has 1 saturated carbocycles. The standard InChI is InChI=1S/C32H28FNO6/c1-3-39-32(37)25-19-34(22-14-15-22)28-24(29(25)36)18-26(33)23(31(28)38-2)16-17-27(35)40-30(20-10-6-4-7-11-20)21-12-8-5-9-13-21/h4-13,16-19,22,30H,3,14-15H2,1-2H3. The van der Waals surface area contributed by atoms with Gasteiger partial charge in [-0.1, -0.05) is 60.7 Å². The van der Waals surface area contributed by atoms with Crippen molar-refractivity contribution in [1.82, 2.24) is 4.57 Å². The fraction of sp³-hybridized carbons (Fsp3) is 0.219. The summed E-state index contributed by atoms with van der Waals surface area (Å²) in [5, 5.41) is -0.000233. The molecule has 0 N–H and O–H groups in total. The van der Waals surface area contributed by atoms with Gasteiger partial charge in [-0.3, -0.25) is 4.79 Å². The Labute approximate surface area is 230 Å². The minimum absolute atomic E-state index is 0.000233. The van der Waals surface area contributed by atoms with Gasteiger partial charge < -0.3 is 18.8 Å². The average molecular weight is 542 g/mol. The Balaban J connectivity index is 1.54. The van der Waals surface area contributed by atoms with Crippen LogP contribution in [-0.4, -0.2) is 30.2 Å². The molecule has 7 nitrogen and oxygen atoms in total. The third-order valence-electron chi connectivity index (χ3n) is 6.72. The van der Waals surface area contributed by atoms with Crippen molar-refractivity contribution in [2.75, 3.05) is 13.7 Å². The van der Waals surface area contributed by atoms with Crippen molar-refractivity contribution in [1.29, 1.82) is 0 Å². The summed E-state index contributed by atoms with van der Waals surface area (Å²) in [5.41, 5.74) is 1.10. The Morgan fingerprint density at radius 3 is 2.23 bits per heavy atom. The van der Waals surface area contributed by atoms with Crippen LogP contribution in [0.25, 0.3) is 17.0 Å². The van der Waals surface area contributed by atoms with Crippen LogP contribution in [0.1, 0.15) is 59.0 Å². The van der Waals surface area contributed by atoms with Crippen LogP contribution in [0.3, 0.4) is 0 Å². The minimum Gasteiger partial charge on any atom is -0.494 e. The first-order valence-corrected chi connectivity index (χ1v) is 13.0. The fourth-order valence-corrected chi connectivity index (χ4v) is 4.72. The number of hydrogen-bond donors (Lipinski definition) is 0. The summed E-state index contributed by atoms with van der Waals surface area (Å²) in [4.78, 5) is 38.6. The Bertz CT molecular complexity index is 1600. The van der Waals surface area contributed by atoms with Crippen LogP contribution >= 0.6 is 0 Å². The lowest BCUT2D eigenvalue weighted by atomic mass is 10.0. The first-order chi connectivity index (χ1) is 19.4. The highest BCUT2D eigenvalue weighted by Crippen LogP contribution is 2.41. The number of halogens is 1. The van der Waals surface area contributed by atoms with E-state index in [0.717, 1.165) is 36.1 Å². The van der Waals surface area contributed by atoms with E-state index < -0.39 is 29.3 Å². The van der Waals surface area contributed by atoms with E-state index in [-0.39, 0.29) is 34.9 Å². The number of ether oxygens (including phenoxy) is 3. The second-order valence-corrected chi connectivity index (χ2v) is 9.40. The second kappa shape index (κ2) is 11.6. The molecule has 5 rings (SSSR count). The molecule has 0 spiro atoms. The van der Waals surface area contributed by atoms with Gasteiger partial charge in [0.2, 0.25) is 5.43 Å². The van der Waals surface area contributed by atoms with E-state index in [1.807, 2.05) is 60.7 Å². The van der Waals surface area contributed by atoms with Crippen LogP contribution in [0.4, 0.5) is 4.39 Å². The molecule has 0 radical (unpaired) electrons. The normalized spacial score (nSPS) is 13.1. The molecule has 0 amide bonds. The van der Waals surface area contributed by atoms with Gasteiger partial charge in [-0.15, -0.1) is 0 Å². The van der Waals surface area contributed by atoms with Crippen molar-refractivity contribution in [3.05, 3.63) is 117 Å². The number of nitrogens with zero attached hydrogens (tertiary/aromatic N) is 1. The minimum atomic E-state index is -0.781. The Morgan fingerprint density at radius 1 is 1.05 bits per heavy atom. The molecule has 0 unspecified atom stereocenters. The van der Waals surface area contributed by atoms with Crippen molar-refractivity contribution < 1.29 is 28.2 Å². The van der Waals surface area contributed by atoms with E-state index in [1.54, 1.807) is 11.5 Å². The third kappa shape index (κ3) is 5.38. The van der Waals surface area contributed by atoms with Crippen molar-refractivity contribution in [3.8, 4) is 5.75 Å². The second-order valence-electron chi connectivity index (χ2n) is 9.40. The highest BCUT2D eigenvalue weighted by atomic mass is 19.1. The predicted molar refractivity (Wildman–Crippen MR) is 149 cm³/mol. The lowest BCUT2D eigenvalue weighted by Gasteiger charge is -2.18. The molecular weight excluding hydrogens is 513 g/mol. The number of benzene rings is 3. The summed E-state index contributed by atoms with van der Waals surface area (Å²) in [6, 6.07) is 19.7. The maximum Gasteiger partial charge on any atom is 0.343 e. The average Bonchev–Trinajstić information content (AvgIpc) is 3.82. The maximum absolute atomic E-state index is 15.5. The zero-order chi connectivity index (χ0) is 28.2. The first kappa shape index (κ1) is 26.9. The van der Waals surface area contributed by atoms with Gasteiger partial charge in [0.05, 0.1) is 30.2 Å². The summed E-state index contributed by atoms with van der Waals surface area (Å²) < 4.78 is 33.7. The molecule has 1 heterocycles. The van der Waals surface area contributed by atoms with E-state index in [4.69, 9.17) is 14.2 Å². The van der Waals surface area contributed by atoms with E-state index in [0.29, 0.717) is 5.52 Å². The number of carbonyl (C=O) groups excluding carboxylic acids is 2. The van der Waals surface area contributed by atoms with Crippen LogP contribution in [0.15, 0.2) is 83.8 Å². The predicted octanol–water partition coefficient (Wildman–Crippen LogP) is 6.01. The van der Waals surface area contributed by atoms with Crippen molar-refractivity contribution >= 4 is 28.9 Å². The van der Waals surface area contributed by atoms with Gasteiger partial charge in [0.15, 0.2) is 11.9 Å². The number of esters is 2. The Hall–Kier alpha value is -4.72. The van der Waals surface area contributed by atoms with E-state index in [2.05, 4.69) is 0 Å². The number of rotatable bonds is 9. The maximum atomic E-state index is 15.5. The molecule has 1 fully saturated rings. The molecule has 3 aromatic carbocycles. The molecule has 40 heavy (non-hydrogen) atoms. The Morgan fingerprint density at radius 2 is 1.68 bits per heavy atom. The summed E-state index contributed by atoms with van der Waals surface area (Å²) in [7, 11) is 1.37. The number of methoxy groups -OCH3 is 1. The zero-order valence-electron chi connectivity index (χ0n) is 22.1. The molecule has 0 aliphatic heterocycles. The van der Waals surface area contributed by atoms with Crippen LogP contribution < -0.4 is 10.2 Å². The molecule has 1 aliphatic rings. The number of pyridine rings is 1. The van der Waals surface area contributed by atoms with Crippen molar-refractivity contribution in [2.24, 2.45) is 0 Å². The van der Waals surface area contributed by atoms with Crippen LogP contribution in [0, 0.1) is 5.82 Å². The summed E-state index contributed by atoms with van der Waals surface area (Å²) in [5.74, 6) is -2.14. The monoisotopic (exact) mass is 541 g/mol. The van der Waals surface area contributed by atoms with Gasteiger partial charge in [0.1, 0.15) is 11.4 Å². The fourth-order valence-electron chi connectivity index (χ4n) is 4.72. The van der Waals surface area contributed by atoms with Crippen LogP contribution in [-0.2, 0) is 14.3 Å². The number of fused-ring (bicyclic) bond motifs is 1. The molecule has 0 bridgehead atoms. The van der Waals surface area contributed by atoms with E-state index >= 15 is 4.39 Å². The lowest BCUT2D eigenvalue weighted by molar-refractivity contribution is -0.141. The summed E-state index contributed by atoms with van der Waals surface area (Å²) in [6.45, 7) is 1.75. The highest BCUT2D eigenvalue weighted by molar-refractivity contribution is 5.97. The molecule has 8 heteroatoms. The first-order valence-electron chi connectivity index (χ1n) is 13.0. The molecule has 0 saturated heterocycles. The molecule has 204 valence electrons. The largest absolute Gasteiger partial charge is 0.494 e.